The van der Waals surface area contributed by atoms with Crippen LogP contribution >= 0.6 is 0 Å². The van der Waals surface area contributed by atoms with Gasteiger partial charge in [-0.15, -0.1) is 0 Å². The molecule has 118 valence electrons. The average Bonchev–Trinajstić information content (AvgIpc) is 2.53. The normalized spacial score (nSPS) is 24.6. The number of rotatable bonds is 4. The van der Waals surface area contributed by atoms with Gasteiger partial charge in [0.25, 0.3) is 0 Å². The zero-order valence-corrected chi connectivity index (χ0v) is 13.4. The molecule has 0 aromatic carbocycles. The van der Waals surface area contributed by atoms with E-state index in [1.54, 1.807) is 0 Å². The van der Waals surface area contributed by atoms with Gasteiger partial charge in [0.2, 0.25) is 5.91 Å². The predicted molar refractivity (Wildman–Crippen MR) is 82.6 cm³/mol. The summed E-state index contributed by atoms with van der Waals surface area (Å²) < 4.78 is 0. The van der Waals surface area contributed by atoms with Gasteiger partial charge >= 0.3 is 0 Å². The molecule has 0 aliphatic carbocycles. The van der Waals surface area contributed by atoms with E-state index in [2.05, 4.69) is 30.1 Å². The van der Waals surface area contributed by atoms with Crippen molar-refractivity contribution in [2.24, 2.45) is 11.3 Å². The molecule has 0 spiro atoms. The number of nitrogens with zero attached hydrogens (tertiary/aromatic N) is 3. The first-order valence-corrected chi connectivity index (χ1v) is 8.15. The van der Waals surface area contributed by atoms with Crippen molar-refractivity contribution >= 4 is 5.91 Å². The van der Waals surface area contributed by atoms with Crippen LogP contribution in [0.15, 0.2) is 0 Å². The topological polar surface area (TPSA) is 59.4 Å². The number of amides is 1. The van der Waals surface area contributed by atoms with Gasteiger partial charge in [-0.05, 0) is 31.8 Å². The molecule has 0 aromatic heterocycles. The summed E-state index contributed by atoms with van der Waals surface area (Å²) in [5.41, 5.74) is -0.276. The minimum atomic E-state index is -0.276. The van der Waals surface area contributed by atoms with Gasteiger partial charge in [0.1, 0.15) is 0 Å². The average molecular weight is 292 g/mol. The summed E-state index contributed by atoms with van der Waals surface area (Å²) in [7, 11) is 0. The van der Waals surface area contributed by atoms with Crippen LogP contribution in [-0.2, 0) is 4.79 Å². The zero-order valence-electron chi connectivity index (χ0n) is 13.4. The van der Waals surface area contributed by atoms with E-state index in [4.69, 9.17) is 5.26 Å². The van der Waals surface area contributed by atoms with E-state index in [1.807, 2.05) is 4.90 Å². The van der Waals surface area contributed by atoms with Crippen LogP contribution in [0.1, 0.15) is 33.1 Å². The standard InChI is InChI=1S/C16H28N4O/c1-16(2,14-5-3-7-18-13-14)15(21)20-11-9-19(10-12-20)8-4-6-17/h14,18H,3-5,7-13H2,1-2H3. The number of piperidine rings is 1. The summed E-state index contributed by atoms with van der Waals surface area (Å²) in [6.45, 7) is 10.5. The Hall–Kier alpha value is -1.12. The molecule has 1 atom stereocenters. The van der Waals surface area contributed by atoms with Crippen LogP contribution in [0.2, 0.25) is 0 Å². The van der Waals surface area contributed by atoms with E-state index in [1.165, 1.54) is 6.42 Å². The lowest BCUT2D eigenvalue weighted by Gasteiger charge is -2.42. The lowest BCUT2D eigenvalue weighted by molar-refractivity contribution is -0.145. The molecular weight excluding hydrogens is 264 g/mol. The fourth-order valence-electron chi connectivity index (χ4n) is 3.43. The molecule has 5 nitrogen and oxygen atoms in total. The Labute approximate surface area is 128 Å². The highest BCUT2D eigenvalue weighted by molar-refractivity contribution is 5.82. The molecule has 0 saturated carbocycles. The first kappa shape index (κ1) is 16.3. The first-order valence-electron chi connectivity index (χ1n) is 8.15. The second-order valence-electron chi connectivity index (χ2n) is 6.81. The molecule has 2 rings (SSSR count). The summed E-state index contributed by atoms with van der Waals surface area (Å²) in [4.78, 5) is 17.2. The number of piperazine rings is 1. The molecule has 2 aliphatic heterocycles. The number of hydrogen-bond donors (Lipinski definition) is 1. The van der Waals surface area contributed by atoms with Gasteiger partial charge < -0.3 is 10.2 Å². The van der Waals surface area contributed by atoms with Gasteiger partial charge in [0.05, 0.1) is 6.07 Å². The van der Waals surface area contributed by atoms with E-state index in [0.29, 0.717) is 18.2 Å². The van der Waals surface area contributed by atoms with Crippen LogP contribution in [0.5, 0.6) is 0 Å². The van der Waals surface area contributed by atoms with Crippen molar-refractivity contribution in [2.75, 3.05) is 45.8 Å². The lowest BCUT2D eigenvalue weighted by atomic mass is 9.74. The lowest BCUT2D eigenvalue weighted by Crippen LogP contribution is -2.55. The minimum Gasteiger partial charge on any atom is -0.340 e. The maximum atomic E-state index is 12.9. The second kappa shape index (κ2) is 7.24. The number of nitrogens with one attached hydrogen (secondary N) is 1. The van der Waals surface area contributed by atoms with Crippen LogP contribution in [0, 0.1) is 22.7 Å². The molecule has 5 heteroatoms. The molecule has 1 N–H and O–H groups in total. The van der Waals surface area contributed by atoms with E-state index < -0.39 is 0 Å². The summed E-state index contributed by atoms with van der Waals surface area (Å²) in [5.74, 6) is 0.742. The van der Waals surface area contributed by atoms with Crippen molar-refractivity contribution in [3.63, 3.8) is 0 Å². The molecule has 1 unspecified atom stereocenters. The quantitative estimate of drug-likeness (QED) is 0.842. The second-order valence-corrected chi connectivity index (χ2v) is 6.81. The molecule has 1 amide bonds. The van der Waals surface area contributed by atoms with Crippen molar-refractivity contribution in [1.29, 1.82) is 5.26 Å². The third kappa shape index (κ3) is 3.96. The molecule has 2 heterocycles. The fourth-order valence-corrected chi connectivity index (χ4v) is 3.43. The summed E-state index contributed by atoms with van der Waals surface area (Å²) in [6, 6.07) is 2.19. The summed E-state index contributed by atoms with van der Waals surface area (Å²) in [5, 5.41) is 12.1. The van der Waals surface area contributed by atoms with E-state index in [0.717, 1.165) is 52.2 Å². The van der Waals surface area contributed by atoms with E-state index in [9.17, 15) is 4.79 Å². The van der Waals surface area contributed by atoms with Crippen molar-refractivity contribution < 1.29 is 4.79 Å². The van der Waals surface area contributed by atoms with Crippen LogP contribution in [0.3, 0.4) is 0 Å². The number of hydrogen-bond acceptors (Lipinski definition) is 4. The molecule has 21 heavy (non-hydrogen) atoms. The van der Waals surface area contributed by atoms with Crippen molar-refractivity contribution in [2.45, 2.75) is 33.1 Å². The Morgan fingerprint density at radius 1 is 1.33 bits per heavy atom. The Morgan fingerprint density at radius 3 is 2.62 bits per heavy atom. The SMILES string of the molecule is CC(C)(C(=O)N1CCN(CCC#N)CC1)C1CCCNC1. The summed E-state index contributed by atoms with van der Waals surface area (Å²) in [6.07, 6.45) is 2.89. The van der Waals surface area contributed by atoms with Gasteiger partial charge in [-0.25, -0.2) is 0 Å². The minimum absolute atomic E-state index is 0.276. The molecule has 0 radical (unpaired) electrons. The third-order valence-corrected chi connectivity index (χ3v) is 5.07. The van der Waals surface area contributed by atoms with Gasteiger partial charge in [-0.3, -0.25) is 9.69 Å². The number of nitriles is 1. The van der Waals surface area contributed by atoms with Crippen molar-refractivity contribution in [1.82, 2.24) is 15.1 Å². The van der Waals surface area contributed by atoms with Crippen LogP contribution in [0.25, 0.3) is 0 Å². The molecule has 2 fully saturated rings. The molecule has 0 aromatic rings. The number of carbonyl (C=O) groups is 1. The third-order valence-electron chi connectivity index (χ3n) is 5.07. The fraction of sp³-hybridized carbons (Fsp3) is 0.875. The Balaban J connectivity index is 1.87. The Kier molecular flexibility index (Phi) is 5.60. The van der Waals surface area contributed by atoms with Crippen LogP contribution in [-0.4, -0.2) is 61.5 Å². The zero-order chi connectivity index (χ0) is 15.3. The highest BCUT2D eigenvalue weighted by Crippen LogP contribution is 2.34. The molecule has 2 saturated heterocycles. The first-order chi connectivity index (χ1) is 10.1. The number of carbonyl (C=O) groups excluding carboxylic acids is 1. The smallest absolute Gasteiger partial charge is 0.228 e. The van der Waals surface area contributed by atoms with Crippen LogP contribution < -0.4 is 5.32 Å². The van der Waals surface area contributed by atoms with E-state index in [-0.39, 0.29) is 5.41 Å². The van der Waals surface area contributed by atoms with Crippen molar-refractivity contribution in [3.05, 3.63) is 0 Å². The highest BCUT2D eigenvalue weighted by Gasteiger charge is 2.40. The highest BCUT2D eigenvalue weighted by atomic mass is 16.2. The maximum Gasteiger partial charge on any atom is 0.228 e. The Morgan fingerprint density at radius 2 is 2.05 bits per heavy atom. The molecular formula is C16H28N4O. The van der Waals surface area contributed by atoms with Gasteiger partial charge in [-0.1, -0.05) is 13.8 Å². The van der Waals surface area contributed by atoms with Gasteiger partial charge in [-0.2, -0.15) is 5.26 Å². The van der Waals surface area contributed by atoms with E-state index >= 15 is 0 Å². The largest absolute Gasteiger partial charge is 0.340 e. The predicted octanol–water partition coefficient (Wildman–Crippen LogP) is 1.07. The molecule has 0 bridgehead atoms. The van der Waals surface area contributed by atoms with Crippen LogP contribution in [0.4, 0.5) is 0 Å². The Bertz CT molecular complexity index is 388. The van der Waals surface area contributed by atoms with Gasteiger partial charge in [0.15, 0.2) is 0 Å². The summed E-state index contributed by atoms with van der Waals surface area (Å²) >= 11 is 0. The van der Waals surface area contributed by atoms with Crippen molar-refractivity contribution in [3.8, 4) is 6.07 Å². The monoisotopic (exact) mass is 292 g/mol. The van der Waals surface area contributed by atoms with Gasteiger partial charge in [0, 0.05) is 44.6 Å². The molecule has 2 aliphatic rings. The maximum absolute atomic E-state index is 12.9.